The first kappa shape index (κ1) is 26.8. The van der Waals surface area contributed by atoms with Crippen LogP contribution in [0.2, 0.25) is 0 Å². The van der Waals surface area contributed by atoms with Crippen LogP contribution in [0.25, 0.3) is 0 Å². The van der Waals surface area contributed by atoms with E-state index in [2.05, 4.69) is 0 Å². The van der Waals surface area contributed by atoms with Gasteiger partial charge in [-0.2, -0.15) is 4.39 Å². The normalized spacial score (nSPS) is 11.1. The average molecular weight is 539 g/mol. The first-order chi connectivity index (χ1) is 18.3. The molecule has 0 spiro atoms. The van der Waals surface area contributed by atoms with Crippen molar-refractivity contribution in [2.24, 2.45) is 5.73 Å². The van der Waals surface area contributed by atoms with Crippen molar-refractivity contribution in [3.05, 3.63) is 119 Å². The Morgan fingerprint density at radius 2 is 1.53 bits per heavy atom. The number of sulfonamides is 1. The van der Waals surface area contributed by atoms with Crippen molar-refractivity contribution in [3.63, 3.8) is 0 Å². The van der Waals surface area contributed by atoms with Gasteiger partial charge in [0.05, 0.1) is 10.5 Å². The molecular weight excluding hydrogens is 514 g/mol. The number of ether oxygens (including phenoxy) is 2. The van der Waals surface area contributed by atoms with Gasteiger partial charge in [0.25, 0.3) is 15.9 Å². The molecule has 7 nitrogen and oxygen atoms in total. The highest BCUT2D eigenvalue weighted by Crippen LogP contribution is 2.26. The lowest BCUT2D eigenvalue weighted by Crippen LogP contribution is -2.31. The summed E-state index contributed by atoms with van der Waals surface area (Å²) < 4.78 is 67.4. The van der Waals surface area contributed by atoms with Gasteiger partial charge >= 0.3 is 0 Å². The molecule has 38 heavy (non-hydrogen) atoms. The van der Waals surface area contributed by atoms with Gasteiger partial charge in [-0.15, -0.1) is 0 Å². The van der Waals surface area contributed by atoms with E-state index >= 15 is 0 Å². The van der Waals surface area contributed by atoms with E-state index in [1.54, 1.807) is 53.3 Å². The number of nitrogens with one attached hydrogen (secondary N) is 1. The van der Waals surface area contributed by atoms with Crippen molar-refractivity contribution in [2.45, 2.75) is 17.9 Å². The maximum Gasteiger partial charge on any atom is 0.268 e. The molecule has 0 aromatic heterocycles. The monoisotopic (exact) mass is 538 g/mol. The van der Waals surface area contributed by atoms with E-state index in [1.807, 2.05) is 18.2 Å². The first-order valence-electron chi connectivity index (χ1n) is 11.6. The van der Waals surface area contributed by atoms with E-state index < -0.39 is 38.9 Å². The first-order valence-corrected chi connectivity index (χ1v) is 13.0. The van der Waals surface area contributed by atoms with Gasteiger partial charge in [-0.1, -0.05) is 42.5 Å². The van der Waals surface area contributed by atoms with Gasteiger partial charge in [-0.25, -0.2) is 17.5 Å². The number of benzene rings is 4. The van der Waals surface area contributed by atoms with Crippen LogP contribution in [-0.4, -0.2) is 20.9 Å². The zero-order chi connectivity index (χ0) is 27.1. The molecule has 4 rings (SSSR count). The summed E-state index contributed by atoms with van der Waals surface area (Å²) >= 11 is 0. The van der Waals surface area contributed by atoms with Crippen LogP contribution < -0.4 is 19.9 Å². The van der Waals surface area contributed by atoms with Crippen molar-refractivity contribution in [3.8, 4) is 17.2 Å². The summed E-state index contributed by atoms with van der Waals surface area (Å²) in [7, 11) is -4.32. The minimum Gasteiger partial charge on any atom is -0.486 e. The minimum absolute atomic E-state index is 0.109. The Bertz CT molecular complexity index is 1530. The van der Waals surface area contributed by atoms with Crippen LogP contribution in [0.4, 0.5) is 8.78 Å². The number of hydrogen-bond donors (Lipinski definition) is 2. The van der Waals surface area contributed by atoms with Gasteiger partial charge in [0.2, 0.25) is 5.82 Å². The second-order valence-electron chi connectivity index (χ2n) is 8.21. The SMILES string of the molecule is NCCc1ccc(S(=O)(=O)NC(=O)c2ccc(OCc3cccc(Oc4ccccc4)c3)c(F)c2F)cc1. The predicted octanol–water partition coefficient (Wildman–Crippen LogP) is 4.96. The third-order valence-corrected chi connectivity index (χ3v) is 6.80. The standard InChI is InChI=1S/C28H24F2N2O5S/c29-26-24(28(33)32-38(34,35)23-11-9-19(10-12-23)15-16-31)13-14-25(27(26)30)36-18-20-5-4-8-22(17-20)37-21-6-2-1-3-7-21/h1-14,17H,15-16,18,31H2,(H,32,33). The molecule has 0 aliphatic rings. The molecule has 10 heteroatoms. The van der Waals surface area contributed by atoms with Crippen molar-refractivity contribution in [2.75, 3.05) is 6.54 Å². The molecule has 0 atom stereocenters. The molecule has 0 bridgehead atoms. The number of hydrogen-bond acceptors (Lipinski definition) is 6. The molecule has 0 aliphatic carbocycles. The van der Waals surface area contributed by atoms with Gasteiger partial charge < -0.3 is 15.2 Å². The van der Waals surface area contributed by atoms with E-state index in [4.69, 9.17) is 15.2 Å². The summed E-state index contributed by atoms with van der Waals surface area (Å²) in [6, 6.07) is 23.7. The fourth-order valence-corrected chi connectivity index (χ4v) is 4.51. The third-order valence-electron chi connectivity index (χ3n) is 5.46. The maximum absolute atomic E-state index is 14.7. The predicted molar refractivity (Wildman–Crippen MR) is 138 cm³/mol. The highest BCUT2D eigenvalue weighted by atomic mass is 32.2. The van der Waals surface area contributed by atoms with Gasteiger partial charge in [-0.05, 0) is 72.6 Å². The molecule has 0 aliphatic heterocycles. The van der Waals surface area contributed by atoms with Crippen molar-refractivity contribution in [1.29, 1.82) is 0 Å². The number of para-hydroxylation sites is 1. The number of nitrogens with two attached hydrogens (primary N) is 1. The molecule has 1 amide bonds. The summed E-state index contributed by atoms with van der Waals surface area (Å²) in [4.78, 5) is 12.3. The highest BCUT2D eigenvalue weighted by Gasteiger charge is 2.24. The van der Waals surface area contributed by atoms with Gasteiger partial charge in [-0.3, -0.25) is 4.79 Å². The molecule has 4 aromatic carbocycles. The number of rotatable bonds is 10. The van der Waals surface area contributed by atoms with Crippen LogP contribution in [0.15, 0.2) is 95.9 Å². The van der Waals surface area contributed by atoms with E-state index in [1.165, 1.54) is 12.1 Å². The molecule has 196 valence electrons. The van der Waals surface area contributed by atoms with Gasteiger partial charge in [0.1, 0.15) is 18.1 Å². The number of carbonyl (C=O) groups excluding carboxylic acids is 1. The lowest BCUT2D eigenvalue weighted by molar-refractivity contribution is 0.0976. The lowest BCUT2D eigenvalue weighted by atomic mass is 10.2. The number of halogens is 2. The van der Waals surface area contributed by atoms with Crippen molar-refractivity contribution in [1.82, 2.24) is 4.72 Å². The van der Waals surface area contributed by atoms with Crippen LogP contribution in [0, 0.1) is 11.6 Å². The van der Waals surface area contributed by atoms with E-state index in [0.717, 1.165) is 17.7 Å². The van der Waals surface area contributed by atoms with Gasteiger partial charge in [0.15, 0.2) is 11.6 Å². The summed E-state index contributed by atoms with van der Waals surface area (Å²) in [5.74, 6) is -3.53. The van der Waals surface area contributed by atoms with Crippen LogP contribution in [0.5, 0.6) is 17.2 Å². The quantitative estimate of drug-likeness (QED) is 0.296. The Hall–Kier alpha value is -4.28. The Balaban J connectivity index is 1.43. The lowest BCUT2D eigenvalue weighted by Gasteiger charge is -2.12. The Morgan fingerprint density at radius 3 is 2.24 bits per heavy atom. The second-order valence-corrected chi connectivity index (χ2v) is 9.89. The van der Waals surface area contributed by atoms with Crippen LogP contribution >= 0.6 is 0 Å². The van der Waals surface area contributed by atoms with E-state index in [-0.39, 0.29) is 11.5 Å². The molecule has 0 saturated heterocycles. The zero-order valence-corrected chi connectivity index (χ0v) is 20.9. The van der Waals surface area contributed by atoms with E-state index in [9.17, 15) is 22.0 Å². The fraction of sp³-hybridized carbons (Fsp3) is 0.107. The Kier molecular flexibility index (Phi) is 8.35. The Morgan fingerprint density at radius 1 is 0.816 bits per heavy atom. The molecule has 0 heterocycles. The topological polar surface area (TPSA) is 108 Å². The summed E-state index contributed by atoms with van der Waals surface area (Å²) in [5.41, 5.74) is 6.14. The zero-order valence-electron chi connectivity index (χ0n) is 20.1. The fourth-order valence-electron chi connectivity index (χ4n) is 3.54. The molecule has 0 radical (unpaired) electrons. The summed E-state index contributed by atoms with van der Waals surface area (Å²) in [6.45, 7) is 0.283. The molecule has 3 N–H and O–H groups in total. The van der Waals surface area contributed by atoms with E-state index in [0.29, 0.717) is 30.0 Å². The summed E-state index contributed by atoms with van der Waals surface area (Å²) in [6.07, 6.45) is 0.554. The molecular formula is C28H24F2N2O5S. The van der Waals surface area contributed by atoms with Crippen LogP contribution in [-0.2, 0) is 23.1 Å². The molecule has 0 fully saturated rings. The van der Waals surface area contributed by atoms with Gasteiger partial charge in [0, 0.05) is 0 Å². The smallest absolute Gasteiger partial charge is 0.268 e. The van der Waals surface area contributed by atoms with Crippen molar-refractivity contribution < 1.29 is 31.5 Å². The third kappa shape index (κ3) is 6.53. The van der Waals surface area contributed by atoms with Crippen LogP contribution in [0.1, 0.15) is 21.5 Å². The maximum atomic E-state index is 14.7. The summed E-state index contributed by atoms with van der Waals surface area (Å²) in [5, 5.41) is 0. The average Bonchev–Trinajstić information content (AvgIpc) is 2.90. The number of carbonyl (C=O) groups is 1. The Labute approximate surface area is 218 Å². The molecule has 4 aromatic rings. The molecule has 0 saturated carbocycles. The molecule has 0 unspecified atom stereocenters. The van der Waals surface area contributed by atoms with Crippen molar-refractivity contribution >= 4 is 15.9 Å². The largest absolute Gasteiger partial charge is 0.486 e. The minimum atomic E-state index is -4.32. The number of amides is 1. The van der Waals surface area contributed by atoms with Crippen LogP contribution in [0.3, 0.4) is 0 Å². The highest BCUT2D eigenvalue weighted by molar-refractivity contribution is 7.90. The second kappa shape index (κ2) is 11.8.